The van der Waals surface area contributed by atoms with E-state index in [0.29, 0.717) is 5.92 Å². The maximum Gasteiger partial charge on any atom is 0.0975 e. The van der Waals surface area contributed by atoms with Crippen molar-refractivity contribution >= 4 is 7.85 Å². The highest BCUT2D eigenvalue weighted by Gasteiger charge is 2.38. The molecule has 0 spiro atoms. The van der Waals surface area contributed by atoms with Gasteiger partial charge >= 0.3 is 0 Å². The van der Waals surface area contributed by atoms with E-state index in [1.807, 2.05) is 0 Å². The van der Waals surface area contributed by atoms with Crippen molar-refractivity contribution in [2.75, 3.05) is 19.6 Å². The van der Waals surface area contributed by atoms with E-state index >= 15 is 0 Å². The van der Waals surface area contributed by atoms with Gasteiger partial charge in [0, 0.05) is 6.54 Å². The molecule has 0 saturated carbocycles. The molecular formula is C7H13BN2. The van der Waals surface area contributed by atoms with Crippen LogP contribution in [-0.4, -0.2) is 32.9 Å². The molecule has 2 radical (unpaired) electrons. The Morgan fingerprint density at radius 1 is 1.50 bits per heavy atom. The van der Waals surface area contributed by atoms with Gasteiger partial charge in [0.05, 0.1) is 7.85 Å². The molecule has 0 bridgehead atoms. The van der Waals surface area contributed by atoms with E-state index in [9.17, 15) is 0 Å². The van der Waals surface area contributed by atoms with Crippen LogP contribution in [0.5, 0.6) is 0 Å². The smallest absolute Gasteiger partial charge is 0.0975 e. The summed E-state index contributed by atoms with van der Waals surface area (Å²) in [6.07, 6.45) is 2.57. The van der Waals surface area contributed by atoms with Gasteiger partial charge in [-0.15, -0.1) is 0 Å². The molecule has 2 fully saturated rings. The molecule has 0 aromatic rings. The van der Waals surface area contributed by atoms with Crippen molar-refractivity contribution in [2.45, 2.75) is 18.3 Å². The maximum absolute atomic E-state index is 6.09. The largest absolute Gasteiger partial charge is 0.318 e. The van der Waals surface area contributed by atoms with Crippen molar-refractivity contribution in [1.29, 1.82) is 0 Å². The van der Waals surface area contributed by atoms with Crippen molar-refractivity contribution in [3.8, 4) is 0 Å². The Labute approximate surface area is 63.2 Å². The highest BCUT2D eigenvalue weighted by atomic mass is 15.1. The number of hydrogen-bond acceptors (Lipinski definition) is 2. The molecule has 1 unspecified atom stereocenters. The van der Waals surface area contributed by atoms with Crippen LogP contribution in [0.25, 0.3) is 0 Å². The molecule has 2 aliphatic rings. The first-order valence-electron chi connectivity index (χ1n) is 4.06. The highest BCUT2D eigenvalue weighted by Crippen LogP contribution is 2.26. The minimum atomic E-state index is -0.0712. The van der Waals surface area contributed by atoms with Gasteiger partial charge in [-0.1, -0.05) is 0 Å². The van der Waals surface area contributed by atoms with Crippen molar-refractivity contribution in [1.82, 2.24) is 10.6 Å². The molecule has 2 heterocycles. The molecule has 0 aromatic carbocycles. The second-order valence-corrected chi connectivity index (χ2v) is 3.44. The standard InChI is InChI=1S/C7H13BN2/c8-7-5-9-4-6(7)2-1-3-10-7/h6,9-10H,1-5H2/t6?,7-/m1/s1. The summed E-state index contributed by atoms with van der Waals surface area (Å²) in [7, 11) is 6.09. The lowest BCUT2D eigenvalue weighted by atomic mass is 9.67. The third kappa shape index (κ3) is 0.885. The second kappa shape index (κ2) is 2.24. The van der Waals surface area contributed by atoms with Gasteiger partial charge in [0.25, 0.3) is 0 Å². The average Bonchev–Trinajstić information content (AvgIpc) is 2.29. The van der Waals surface area contributed by atoms with Gasteiger partial charge in [0.1, 0.15) is 0 Å². The fraction of sp³-hybridized carbons (Fsp3) is 1.00. The minimum Gasteiger partial charge on any atom is -0.318 e. The summed E-state index contributed by atoms with van der Waals surface area (Å²) in [6.45, 7) is 3.13. The van der Waals surface area contributed by atoms with Gasteiger partial charge in [-0.2, -0.15) is 0 Å². The van der Waals surface area contributed by atoms with Crippen LogP contribution in [0.1, 0.15) is 12.8 Å². The molecule has 0 aliphatic carbocycles. The predicted molar refractivity (Wildman–Crippen MR) is 42.1 cm³/mol. The van der Waals surface area contributed by atoms with Crippen molar-refractivity contribution in [2.24, 2.45) is 5.92 Å². The minimum absolute atomic E-state index is 0.0712. The molecule has 2 rings (SSSR count). The third-order valence-corrected chi connectivity index (χ3v) is 2.72. The van der Waals surface area contributed by atoms with Crippen molar-refractivity contribution < 1.29 is 0 Å². The summed E-state index contributed by atoms with van der Waals surface area (Å²) in [4.78, 5) is 0. The summed E-state index contributed by atoms with van der Waals surface area (Å²) >= 11 is 0. The first-order chi connectivity index (χ1) is 4.81. The lowest BCUT2D eigenvalue weighted by molar-refractivity contribution is 0.300. The molecule has 2 N–H and O–H groups in total. The maximum atomic E-state index is 6.09. The van der Waals surface area contributed by atoms with Gasteiger partial charge < -0.3 is 10.6 Å². The first-order valence-corrected chi connectivity index (χ1v) is 4.06. The van der Waals surface area contributed by atoms with Gasteiger partial charge in [0.2, 0.25) is 0 Å². The predicted octanol–water partition coefficient (Wildman–Crippen LogP) is -0.546. The molecule has 10 heavy (non-hydrogen) atoms. The van der Waals surface area contributed by atoms with E-state index in [1.165, 1.54) is 12.8 Å². The van der Waals surface area contributed by atoms with Crippen LogP contribution in [0.2, 0.25) is 0 Å². The summed E-state index contributed by atoms with van der Waals surface area (Å²) in [5.74, 6) is 0.668. The Morgan fingerprint density at radius 3 is 3.20 bits per heavy atom. The Hall–Kier alpha value is -0.0151. The molecule has 2 aliphatic heterocycles. The van der Waals surface area contributed by atoms with Crippen molar-refractivity contribution in [3.63, 3.8) is 0 Å². The molecule has 54 valence electrons. The molecule has 2 nitrogen and oxygen atoms in total. The third-order valence-electron chi connectivity index (χ3n) is 2.72. The summed E-state index contributed by atoms with van der Waals surface area (Å²) in [6, 6.07) is 0. The van der Waals surface area contributed by atoms with E-state index in [2.05, 4.69) is 10.6 Å². The van der Waals surface area contributed by atoms with E-state index in [1.54, 1.807) is 0 Å². The van der Waals surface area contributed by atoms with E-state index in [0.717, 1.165) is 19.6 Å². The lowest BCUT2D eigenvalue weighted by Gasteiger charge is -2.37. The molecule has 3 heteroatoms. The Bertz CT molecular complexity index is 140. The van der Waals surface area contributed by atoms with Gasteiger partial charge in [-0.3, -0.25) is 0 Å². The van der Waals surface area contributed by atoms with Crippen LogP contribution in [0.3, 0.4) is 0 Å². The molecule has 0 amide bonds. The number of nitrogens with one attached hydrogen (secondary N) is 2. The normalized spacial score (nSPS) is 47.0. The van der Waals surface area contributed by atoms with Gasteiger partial charge in [-0.05, 0) is 37.3 Å². The van der Waals surface area contributed by atoms with Crippen LogP contribution >= 0.6 is 0 Å². The first kappa shape index (κ1) is 6.68. The molecule has 2 atom stereocenters. The van der Waals surface area contributed by atoms with E-state index in [4.69, 9.17) is 7.85 Å². The zero-order valence-corrected chi connectivity index (χ0v) is 6.19. The van der Waals surface area contributed by atoms with Crippen LogP contribution in [0.15, 0.2) is 0 Å². The zero-order chi connectivity index (χ0) is 7.03. The molecule has 2 saturated heterocycles. The van der Waals surface area contributed by atoms with Crippen LogP contribution in [-0.2, 0) is 0 Å². The quantitative estimate of drug-likeness (QED) is 0.437. The number of hydrogen-bond donors (Lipinski definition) is 2. The molecule has 0 aromatic heterocycles. The van der Waals surface area contributed by atoms with Crippen LogP contribution in [0.4, 0.5) is 0 Å². The Morgan fingerprint density at radius 2 is 2.40 bits per heavy atom. The zero-order valence-electron chi connectivity index (χ0n) is 6.19. The van der Waals surface area contributed by atoms with Gasteiger partial charge in [-0.25, -0.2) is 0 Å². The lowest BCUT2D eigenvalue weighted by Crippen LogP contribution is -2.55. The second-order valence-electron chi connectivity index (χ2n) is 3.44. The fourth-order valence-corrected chi connectivity index (χ4v) is 2.02. The number of rotatable bonds is 0. The SMILES string of the molecule is [B][C@@]12CNCC1CCCN2. The topological polar surface area (TPSA) is 24.1 Å². The van der Waals surface area contributed by atoms with E-state index in [-0.39, 0.29) is 5.44 Å². The highest BCUT2D eigenvalue weighted by molar-refractivity contribution is 6.16. The monoisotopic (exact) mass is 136 g/mol. The average molecular weight is 136 g/mol. The molecular weight excluding hydrogens is 123 g/mol. The Balaban J connectivity index is 2.10. The summed E-state index contributed by atoms with van der Waals surface area (Å²) < 4.78 is 0. The van der Waals surface area contributed by atoms with Crippen LogP contribution in [0, 0.1) is 5.92 Å². The van der Waals surface area contributed by atoms with E-state index < -0.39 is 0 Å². The fourth-order valence-electron chi connectivity index (χ4n) is 2.02. The van der Waals surface area contributed by atoms with Crippen LogP contribution < -0.4 is 10.6 Å². The van der Waals surface area contributed by atoms with Crippen molar-refractivity contribution in [3.05, 3.63) is 0 Å². The Kier molecular flexibility index (Phi) is 1.50. The number of piperidine rings is 1. The number of fused-ring (bicyclic) bond motifs is 1. The van der Waals surface area contributed by atoms with Gasteiger partial charge in [0.15, 0.2) is 0 Å². The summed E-state index contributed by atoms with van der Waals surface area (Å²) in [5.41, 5.74) is -0.0712. The summed E-state index contributed by atoms with van der Waals surface area (Å²) in [5, 5.41) is 6.69.